The largest absolute Gasteiger partial charge is 0.263 e. The molecule has 1 atom stereocenters. The fraction of sp³-hybridized carbons (Fsp3) is 0.444. The zero-order valence-electron chi connectivity index (χ0n) is 6.93. The topological polar surface area (TPSA) is 12.9 Å². The van der Waals surface area contributed by atoms with Crippen LogP contribution in [-0.4, -0.2) is 9.81 Å². The number of pyridine rings is 1. The van der Waals surface area contributed by atoms with Gasteiger partial charge < -0.3 is 0 Å². The molecule has 0 saturated carbocycles. The van der Waals surface area contributed by atoms with Crippen LogP contribution in [0.5, 0.6) is 0 Å². The highest BCUT2D eigenvalue weighted by atomic mass is 79.9. The molecule has 0 bridgehead atoms. The first-order chi connectivity index (χ1) is 5.70. The maximum Gasteiger partial charge on any atom is 0.0621 e. The van der Waals surface area contributed by atoms with E-state index in [9.17, 15) is 0 Å². The van der Waals surface area contributed by atoms with E-state index in [1.807, 2.05) is 6.07 Å². The lowest BCUT2D eigenvalue weighted by Gasteiger charge is -2.04. The molecule has 1 rings (SSSR count). The van der Waals surface area contributed by atoms with Crippen LogP contribution in [0.15, 0.2) is 18.5 Å². The number of rotatable bonds is 3. The molecule has 1 unspecified atom stereocenters. The van der Waals surface area contributed by atoms with Crippen LogP contribution in [0.3, 0.4) is 0 Å². The third-order valence-electron chi connectivity index (χ3n) is 1.67. The van der Waals surface area contributed by atoms with Gasteiger partial charge in [0.2, 0.25) is 0 Å². The summed E-state index contributed by atoms with van der Waals surface area (Å²) < 4.78 is 0. The molecule has 0 spiro atoms. The van der Waals surface area contributed by atoms with Crippen LogP contribution in [0.4, 0.5) is 0 Å². The summed E-state index contributed by atoms with van der Waals surface area (Å²) in [5.41, 5.74) is 1.18. The fourth-order valence-electron chi connectivity index (χ4n) is 0.961. The van der Waals surface area contributed by atoms with E-state index in [1.165, 1.54) is 5.56 Å². The molecule has 1 heterocycles. The SMILES string of the molecule is CC(Br)CCc1ccncc1Cl. The highest BCUT2D eigenvalue weighted by molar-refractivity contribution is 9.09. The molecule has 0 aliphatic carbocycles. The van der Waals surface area contributed by atoms with Crippen LogP contribution in [0.25, 0.3) is 0 Å². The van der Waals surface area contributed by atoms with Gasteiger partial charge in [0.05, 0.1) is 5.02 Å². The van der Waals surface area contributed by atoms with Crippen molar-refractivity contribution in [1.82, 2.24) is 4.98 Å². The molecule has 0 saturated heterocycles. The van der Waals surface area contributed by atoms with E-state index in [-0.39, 0.29) is 0 Å². The maximum atomic E-state index is 5.93. The Morgan fingerprint density at radius 3 is 3.00 bits per heavy atom. The third-order valence-corrected chi connectivity index (χ3v) is 2.47. The van der Waals surface area contributed by atoms with Gasteiger partial charge in [-0.3, -0.25) is 4.98 Å². The van der Waals surface area contributed by atoms with E-state index in [1.54, 1.807) is 12.4 Å². The monoisotopic (exact) mass is 247 g/mol. The minimum Gasteiger partial charge on any atom is -0.263 e. The summed E-state index contributed by atoms with van der Waals surface area (Å²) in [6, 6.07) is 1.97. The van der Waals surface area contributed by atoms with E-state index < -0.39 is 0 Å². The Hall–Kier alpha value is -0.0800. The first-order valence-corrected chi connectivity index (χ1v) is 5.22. The quantitative estimate of drug-likeness (QED) is 0.747. The Bertz CT molecular complexity index is 250. The summed E-state index contributed by atoms with van der Waals surface area (Å²) in [5, 5.41) is 0.769. The summed E-state index contributed by atoms with van der Waals surface area (Å²) in [5.74, 6) is 0. The van der Waals surface area contributed by atoms with Crippen molar-refractivity contribution in [3.63, 3.8) is 0 Å². The molecule has 0 amide bonds. The van der Waals surface area contributed by atoms with Crippen LogP contribution in [0.1, 0.15) is 18.9 Å². The van der Waals surface area contributed by atoms with Crippen molar-refractivity contribution in [2.24, 2.45) is 0 Å². The second-order valence-electron chi connectivity index (χ2n) is 2.79. The van der Waals surface area contributed by atoms with Crippen molar-refractivity contribution in [1.29, 1.82) is 0 Å². The summed E-state index contributed by atoms with van der Waals surface area (Å²) in [4.78, 5) is 4.47. The van der Waals surface area contributed by atoms with Gasteiger partial charge in [-0.15, -0.1) is 0 Å². The number of halogens is 2. The van der Waals surface area contributed by atoms with E-state index in [2.05, 4.69) is 27.8 Å². The summed E-state index contributed by atoms with van der Waals surface area (Å²) >= 11 is 9.43. The standard InChI is InChI=1S/C9H11BrClN/c1-7(10)2-3-8-4-5-12-6-9(8)11/h4-7H,2-3H2,1H3. The number of nitrogens with zero attached hydrogens (tertiary/aromatic N) is 1. The van der Waals surface area contributed by atoms with Crippen LogP contribution < -0.4 is 0 Å². The molecular formula is C9H11BrClN. The molecule has 1 nitrogen and oxygen atoms in total. The molecule has 0 aromatic carbocycles. The predicted octanol–water partition coefficient (Wildman–Crippen LogP) is 3.45. The minimum absolute atomic E-state index is 0.543. The lowest BCUT2D eigenvalue weighted by molar-refractivity contribution is 0.821. The molecule has 12 heavy (non-hydrogen) atoms. The second-order valence-corrected chi connectivity index (χ2v) is 4.76. The minimum atomic E-state index is 0.543. The Morgan fingerprint density at radius 2 is 2.42 bits per heavy atom. The molecule has 0 N–H and O–H groups in total. The van der Waals surface area contributed by atoms with Crippen molar-refractivity contribution in [3.8, 4) is 0 Å². The molecule has 0 aliphatic rings. The molecule has 0 aliphatic heterocycles. The van der Waals surface area contributed by atoms with E-state index >= 15 is 0 Å². The Labute approximate surface area is 86.3 Å². The fourth-order valence-corrected chi connectivity index (χ4v) is 1.40. The van der Waals surface area contributed by atoms with Crippen LogP contribution in [0.2, 0.25) is 5.02 Å². The van der Waals surface area contributed by atoms with Crippen LogP contribution in [0, 0.1) is 0 Å². The number of hydrogen-bond donors (Lipinski definition) is 0. The molecule has 3 heteroatoms. The van der Waals surface area contributed by atoms with Gasteiger partial charge in [-0.25, -0.2) is 0 Å². The zero-order valence-corrected chi connectivity index (χ0v) is 9.27. The van der Waals surface area contributed by atoms with Gasteiger partial charge in [0, 0.05) is 17.2 Å². The smallest absolute Gasteiger partial charge is 0.0621 e. The lowest BCUT2D eigenvalue weighted by atomic mass is 10.1. The zero-order chi connectivity index (χ0) is 8.97. The number of hydrogen-bond acceptors (Lipinski definition) is 1. The van der Waals surface area contributed by atoms with Gasteiger partial charge in [0.25, 0.3) is 0 Å². The predicted molar refractivity (Wildman–Crippen MR) is 56.0 cm³/mol. The molecule has 0 fully saturated rings. The third kappa shape index (κ3) is 3.11. The number of alkyl halides is 1. The van der Waals surface area contributed by atoms with Crippen LogP contribution in [-0.2, 0) is 6.42 Å². The first-order valence-electron chi connectivity index (χ1n) is 3.92. The second kappa shape index (κ2) is 4.83. The first kappa shape index (κ1) is 10.0. The van der Waals surface area contributed by atoms with E-state index in [0.29, 0.717) is 4.83 Å². The normalized spacial score (nSPS) is 12.9. The molecule has 66 valence electrons. The molecule has 1 aromatic heterocycles. The lowest BCUT2D eigenvalue weighted by Crippen LogP contribution is -1.94. The summed E-state index contributed by atoms with van der Waals surface area (Å²) in [7, 11) is 0. The van der Waals surface area contributed by atoms with Crippen molar-refractivity contribution < 1.29 is 0 Å². The molecule has 0 radical (unpaired) electrons. The van der Waals surface area contributed by atoms with Crippen molar-refractivity contribution in [3.05, 3.63) is 29.0 Å². The van der Waals surface area contributed by atoms with Gasteiger partial charge in [0.1, 0.15) is 0 Å². The maximum absolute atomic E-state index is 5.93. The molecular weight excluding hydrogens is 237 g/mol. The Morgan fingerprint density at radius 1 is 1.67 bits per heavy atom. The van der Waals surface area contributed by atoms with Crippen molar-refractivity contribution in [2.45, 2.75) is 24.6 Å². The van der Waals surface area contributed by atoms with Gasteiger partial charge in [-0.2, -0.15) is 0 Å². The summed E-state index contributed by atoms with van der Waals surface area (Å²) in [6.45, 7) is 2.13. The van der Waals surface area contributed by atoms with Gasteiger partial charge >= 0.3 is 0 Å². The Kier molecular flexibility index (Phi) is 4.02. The van der Waals surface area contributed by atoms with E-state index in [4.69, 9.17) is 11.6 Å². The highest BCUT2D eigenvalue weighted by Gasteiger charge is 2.01. The average molecular weight is 249 g/mol. The van der Waals surface area contributed by atoms with Gasteiger partial charge in [-0.05, 0) is 24.5 Å². The average Bonchev–Trinajstić information content (AvgIpc) is 2.03. The van der Waals surface area contributed by atoms with Crippen molar-refractivity contribution >= 4 is 27.5 Å². The number of aromatic nitrogens is 1. The van der Waals surface area contributed by atoms with Crippen molar-refractivity contribution in [2.75, 3.05) is 0 Å². The molecule has 1 aromatic rings. The van der Waals surface area contributed by atoms with Gasteiger partial charge in [-0.1, -0.05) is 34.5 Å². The van der Waals surface area contributed by atoms with E-state index in [0.717, 1.165) is 17.9 Å². The van der Waals surface area contributed by atoms with Gasteiger partial charge in [0.15, 0.2) is 0 Å². The number of aryl methyl sites for hydroxylation is 1. The summed E-state index contributed by atoms with van der Waals surface area (Å²) in [6.07, 6.45) is 5.58. The highest BCUT2D eigenvalue weighted by Crippen LogP contribution is 2.17. The van der Waals surface area contributed by atoms with Crippen LogP contribution >= 0.6 is 27.5 Å². The Balaban J connectivity index is 2.57.